The summed E-state index contributed by atoms with van der Waals surface area (Å²) in [6.45, 7) is 10.3. The Morgan fingerprint density at radius 1 is 1.38 bits per heavy atom. The van der Waals surface area contributed by atoms with Gasteiger partial charge in [-0.15, -0.1) is 0 Å². The summed E-state index contributed by atoms with van der Waals surface area (Å²) in [5.74, 6) is -0.604. The van der Waals surface area contributed by atoms with Gasteiger partial charge in [0.05, 0.1) is 18.3 Å². The molecule has 170 valence electrons. The van der Waals surface area contributed by atoms with E-state index in [1.165, 1.54) is 29.8 Å². The van der Waals surface area contributed by atoms with Crippen molar-refractivity contribution in [3.8, 4) is 5.00 Å². The van der Waals surface area contributed by atoms with E-state index >= 15 is 0 Å². The molecule has 0 fully saturated rings. The van der Waals surface area contributed by atoms with E-state index in [1.54, 1.807) is 50.2 Å². The molecule has 1 N–H and O–H groups in total. The van der Waals surface area contributed by atoms with Crippen LogP contribution < -0.4 is 11.2 Å². The van der Waals surface area contributed by atoms with Crippen molar-refractivity contribution < 1.29 is 14.6 Å². The maximum absolute atomic E-state index is 13.5. The van der Waals surface area contributed by atoms with Gasteiger partial charge in [0.2, 0.25) is 0 Å². The second kappa shape index (κ2) is 8.62. The molecule has 0 amide bonds. The predicted molar refractivity (Wildman–Crippen MR) is 124 cm³/mol. The van der Waals surface area contributed by atoms with Crippen LogP contribution in [0.5, 0.6) is 0 Å². The molecule has 3 heterocycles. The summed E-state index contributed by atoms with van der Waals surface area (Å²) in [6.07, 6.45) is 5.45. The molecule has 3 rings (SSSR count). The zero-order valence-electron chi connectivity index (χ0n) is 18.7. The third-order valence-electron chi connectivity index (χ3n) is 5.59. The lowest BCUT2D eigenvalue weighted by Gasteiger charge is -2.23. The number of aromatic nitrogens is 4. The predicted octanol–water partition coefficient (Wildman–Crippen LogP) is 3.04. The molecule has 0 aliphatic heterocycles. The van der Waals surface area contributed by atoms with Crippen LogP contribution in [0.4, 0.5) is 0 Å². The fourth-order valence-corrected chi connectivity index (χ4v) is 4.78. The van der Waals surface area contributed by atoms with E-state index < -0.39 is 22.8 Å². The van der Waals surface area contributed by atoms with Crippen molar-refractivity contribution in [1.82, 2.24) is 18.9 Å². The summed E-state index contributed by atoms with van der Waals surface area (Å²) in [4.78, 5) is 39.3. The number of methoxy groups -OCH3 is 1. The van der Waals surface area contributed by atoms with Gasteiger partial charge in [0, 0.05) is 24.5 Å². The van der Waals surface area contributed by atoms with E-state index in [4.69, 9.17) is 4.74 Å². The van der Waals surface area contributed by atoms with Crippen LogP contribution in [-0.4, -0.2) is 37.1 Å². The third kappa shape index (κ3) is 3.70. The van der Waals surface area contributed by atoms with Gasteiger partial charge in [-0.1, -0.05) is 24.0 Å². The van der Waals surface area contributed by atoms with Gasteiger partial charge in [-0.05, 0) is 45.8 Å². The van der Waals surface area contributed by atoms with Crippen molar-refractivity contribution in [3.05, 3.63) is 68.8 Å². The number of allylic oxidation sites excluding steroid dienone is 3. The molecule has 9 nitrogen and oxygen atoms in total. The summed E-state index contributed by atoms with van der Waals surface area (Å²) in [6, 6.07) is 1.76. The highest BCUT2D eigenvalue weighted by atomic mass is 32.1. The lowest BCUT2D eigenvalue weighted by molar-refractivity contribution is -0.146. The van der Waals surface area contributed by atoms with Gasteiger partial charge in [-0.25, -0.2) is 18.8 Å². The Balaban J connectivity index is 2.37. The Morgan fingerprint density at radius 3 is 2.59 bits per heavy atom. The maximum atomic E-state index is 13.5. The standard InChI is InChI=1S/C22H26N4O5S/c1-7-15(14(3)31-6)9-12-24-19-16(13(2)18(32-19)25-11-8-10-23-25)17(27)26(21(24)30)22(4,5)20(28)29/h7-8,10-11H,1,9,12H2,2-6H3,(H,28,29)/b15-14-. The normalized spacial score (nSPS) is 12.7. The minimum absolute atomic E-state index is 0.214. The lowest BCUT2D eigenvalue weighted by Crippen LogP contribution is -2.52. The van der Waals surface area contributed by atoms with E-state index in [0.29, 0.717) is 33.0 Å². The monoisotopic (exact) mass is 458 g/mol. The first-order valence-corrected chi connectivity index (χ1v) is 10.8. The highest BCUT2D eigenvalue weighted by Gasteiger charge is 2.35. The van der Waals surface area contributed by atoms with E-state index in [2.05, 4.69) is 11.7 Å². The summed E-state index contributed by atoms with van der Waals surface area (Å²) in [5.41, 5.74) is -1.60. The van der Waals surface area contributed by atoms with Gasteiger partial charge in [0.1, 0.15) is 15.4 Å². The van der Waals surface area contributed by atoms with Crippen molar-refractivity contribution in [1.29, 1.82) is 0 Å². The summed E-state index contributed by atoms with van der Waals surface area (Å²) in [5, 5.41) is 15.0. The zero-order valence-corrected chi connectivity index (χ0v) is 19.5. The minimum atomic E-state index is -1.73. The van der Waals surface area contributed by atoms with Gasteiger partial charge in [-0.3, -0.25) is 9.36 Å². The Bertz CT molecular complexity index is 1340. The number of hydrogen-bond acceptors (Lipinski definition) is 6. The van der Waals surface area contributed by atoms with Crippen LogP contribution in [0.15, 0.2) is 52.0 Å². The van der Waals surface area contributed by atoms with E-state index in [0.717, 1.165) is 10.1 Å². The molecule has 0 bridgehead atoms. The average Bonchev–Trinajstić information content (AvgIpc) is 3.38. The van der Waals surface area contributed by atoms with Gasteiger partial charge in [-0.2, -0.15) is 5.10 Å². The Hall–Kier alpha value is -3.40. The molecule has 3 aromatic rings. The number of thiophene rings is 1. The molecular formula is C22H26N4O5S. The van der Waals surface area contributed by atoms with E-state index in [9.17, 15) is 19.5 Å². The lowest BCUT2D eigenvalue weighted by atomic mass is 10.1. The molecule has 10 heteroatoms. The molecule has 0 aliphatic rings. The third-order valence-corrected chi connectivity index (χ3v) is 6.90. The number of hydrogen-bond donors (Lipinski definition) is 1. The molecule has 0 spiro atoms. The number of rotatable bonds is 8. The number of nitrogens with zero attached hydrogens (tertiary/aromatic N) is 4. The highest BCUT2D eigenvalue weighted by molar-refractivity contribution is 7.21. The van der Waals surface area contributed by atoms with Crippen LogP contribution >= 0.6 is 11.3 Å². The number of fused-ring (bicyclic) bond motifs is 1. The first-order chi connectivity index (χ1) is 15.1. The summed E-state index contributed by atoms with van der Waals surface area (Å²) >= 11 is 1.27. The van der Waals surface area contributed by atoms with Crippen molar-refractivity contribution in [2.75, 3.05) is 7.11 Å². The first kappa shape index (κ1) is 23.3. The first-order valence-electron chi connectivity index (χ1n) is 9.95. The fourth-order valence-electron chi connectivity index (χ4n) is 3.51. The van der Waals surface area contributed by atoms with Crippen LogP contribution in [0.3, 0.4) is 0 Å². The highest BCUT2D eigenvalue weighted by Crippen LogP contribution is 2.31. The van der Waals surface area contributed by atoms with Crippen molar-refractivity contribution in [3.63, 3.8) is 0 Å². The van der Waals surface area contributed by atoms with Crippen LogP contribution in [0.1, 0.15) is 32.8 Å². The smallest absolute Gasteiger partial charge is 0.333 e. The maximum Gasteiger partial charge on any atom is 0.333 e. The van der Waals surface area contributed by atoms with Gasteiger partial charge >= 0.3 is 11.7 Å². The topological polar surface area (TPSA) is 108 Å². The van der Waals surface area contributed by atoms with Crippen LogP contribution in [0.2, 0.25) is 0 Å². The van der Waals surface area contributed by atoms with Crippen LogP contribution in [0, 0.1) is 6.92 Å². The van der Waals surface area contributed by atoms with Gasteiger partial charge in [0.25, 0.3) is 5.56 Å². The number of aliphatic carboxylic acids is 1. The van der Waals surface area contributed by atoms with Crippen molar-refractivity contribution >= 4 is 27.5 Å². The minimum Gasteiger partial charge on any atom is -0.501 e. The van der Waals surface area contributed by atoms with E-state index in [-0.39, 0.29) is 6.54 Å². The zero-order chi connectivity index (χ0) is 23.8. The largest absolute Gasteiger partial charge is 0.501 e. The van der Waals surface area contributed by atoms with E-state index in [1.807, 2.05) is 0 Å². The van der Waals surface area contributed by atoms with Gasteiger partial charge in [0.15, 0.2) is 0 Å². The Labute approximate surface area is 188 Å². The quantitative estimate of drug-likeness (QED) is 0.411. The molecule has 32 heavy (non-hydrogen) atoms. The molecule has 3 aromatic heterocycles. The molecular weight excluding hydrogens is 432 g/mol. The Kier molecular flexibility index (Phi) is 6.27. The average molecular weight is 459 g/mol. The molecule has 0 radical (unpaired) electrons. The van der Waals surface area contributed by atoms with Gasteiger partial charge < -0.3 is 9.84 Å². The number of ether oxygens (including phenoxy) is 1. The number of aryl methyl sites for hydroxylation is 2. The summed E-state index contributed by atoms with van der Waals surface area (Å²) < 4.78 is 9.20. The SMILES string of the molecule is C=C/C(CCn1c(=O)n(C(C)(C)C(=O)O)c(=O)c2c(C)c(-n3cccn3)sc21)=C(\C)OC. The molecule has 0 unspecified atom stereocenters. The number of carboxylic acid groups (broad SMARTS) is 1. The summed E-state index contributed by atoms with van der Waals surface area (Å²) in [7, 11) is 1.55. The van der Waals surface area contributed by atoms with Crippen LogP contribution in [-0.2, 0) is 21.6 Å². The molecule has 0 saturated carbocycles. The second-order valence-electron chi connectivity index (χ2n) is 7.84. The van der Waals surface area contributed by atoms with Crippen LogP contribution in [0.25, 0.3) is 15.2 Å². The molecule has 0 saturated heterocycles. The second-order valence-corrected chi connectivity index (χ2v) is 8.82. The van der Waals surface area contributed by atoms with Crippen molar-refractivity contribution in [2.45, 2.75) is 46.2 Å². The Morgan fingerprint density at radius 2 is 2.06 bits per heavy atom. The number of carboxylic acids is 1. The molecule has 0 atom stereocenters. The molecule has 0 aliphatic carbocycles. The number of carbonyl (C=O) groups is 1. The van der Waals surface area contributed by atoms with Crippen molar-refractivity contribution in [2.24, 2.45) is 0 Å². The molecule has 0 aromatic carbocycles. The fraction of sp³-hybridized carbons (Fsp3) is 0.364.